The molecular formula is C19H27N3O2. The molecule has 0 spiro atoms. The average molecular weight is 329 g/mol. The summed E-state index contributed by atoms with van der Waals surface area (Å²) in [6.07, 6.45) is 0.508. The summed E-state index contributed by atoms with van der Waals surface area (Å²) in [6.45, 7) is 10.2. The van der Waals surface area contributed by atoms with Crippen molar-refractivity contribution in [2.45, 2.75) is 46.6 Å². The van der Waals surface area contributed by atoms with E-state index in [0.29, 0.717) is 30.4 Å². The van der Waals surface area contributed by atoms with Gasteiger partial charge in [-0.25, -0.2) is 0 Å². The van der Waals surface area contributed by atoms with Gasteiger partial charge in [0.25, 0.3) is 0 Å². The number of hydrogen-bond acceptors (Lipinski definition) is 4. The second-order valence-electron chi connectivity index (χ2n) is 7.32. The number of fused-ring (bicyclic) bond motifs is 1. The Hall–Kier alpha value is -2.30. The zero-order chi connectivity index (χ0) is 17.9. The van der Waals surface area contributed by atoms with Crippen LogP contribution in [0, 0.1) is 12.8 Å². The molecule has 2 rings (SSSR count). The third kappa shape index (κ3) is 4.60. The van der Waals surface area contributed by atoms with Crippen LogP contribution in [0.2, 0.25) is 0 Å². The lowest BCUT2D eigenvalue weighted by atomic mass is 10.0. The number of nitrogens with one attached hydrogen (secondary N) is 1. The second kappa shape index (κ2) is 7.07. The van der Waals surface area contributed by atoms with Crippen molar-refractivity contribution in [3.8, 4) is 5.75 Å². The van der Waals surface area contributed by atoms with Crippen LogP contribution in [-0.2, 0) is 4.79 Å². The van der Waals surface area contributed by atoms with Crippen LogP contribution in [-0.4, -0.2) is 23.0 Å². The number of carbonyl (C=O) groups is 1. The molecule has 0 radical (unpaired) electrons. The highest BCUT2D eigenvalue weighted by Gasteiger charge is 2.22. The predicted molar refractivity (Wildman–Crippen MR) is 98.1 cm³/mol. The lowest BCUT2D eigenvalue weighted by Gasteiger charge is -2.27. The number of nitrogens with zero attached hydrogens (tertiary/aromatic N) is 1. The molecule has 5 nitrogen and oxygen atoms in total. The number of aromatic nitrogens is 1. The van der Waals surface area contributed by atoms with E-state index >= 15 is 0 Å². The minimum Gasteiger partial charge on any atom is -0.490 e. The van der Waals surface area contributed by atoms with E-state index in [9.17, 15) is 4.79 Å². The highest BCUT2D eigenvalue weighted by molar-refractivity contribution is 5.95. The Morgan fingerprint density at radius 1 is 1.38 bits per heavy atom. The van der Waals surface area contributed by atoms with Gasteiger partial charge in [-0.3, -0.25) is 9.78 Å². The molecule has 0 unspecified atom stereocenters. The molecule has 0 bridgehead atoms. The number of hydrogen-bond donors (Lipinski definition) is 2. The van der Waals surface area contributed by atoms with E-state index < -0.39 is 5.54 Å². The minimum atomic E-state index is -0.471. The fourth-order valence-corrected chi connectivity index (χ4v) is 2.64. The van der Waals surface area contributed by atoms with Gasteiger partial charge in [-0.2, -0.15) is 0 Å². The number of carbonyl (C=O) groups excluding carboxylic acids is 1. The summed E-state index contributed by atoms with van der Waals surface area (Å²) in [6, 6.07) is 7.53. The Morgan fingerprint density at radius 2 is 2.08 bits per heavy atom. The minimum absolute atomic E-state index is 0.0355. The fraction of sp³-hybridized carbons (Fsp3) is 0.474. The third-order valence-electron chi connectivity index (χ3n) is 3.61. The van der Waals surface area contributed by atoms with E-state index in [2.05, 4.69) is 10.3 Å². The van der Waals surface area contributed by atoms with Crippen LogP contribution in [0.4, 0.5) is 5.69 Å². The van der Waals surface area contributed by atoms with E-state index in [1.54, 1.807) is 0 Å². The van der Waals surface area contributed by atoms with E-state index in [1.807, 2.05) is 58.9 Å². The summed E-state index contributed by atoms with van der Waals surface area (Å²) in [5.74, 6) is 1.05. The molecule has 24 heavy (non-hydrogen) atoms. The first-order valence-corrected chi connectivity index (χ1v) is 8.27. The molecule has 1 amide bonds. The molecule has 0 saturated heterocycles. The van der Waals surface area contributed by atoms with Crippen LogP contribution >= 0.6 is 0 Å². The predicted octanol–water partition coefficient (Wildman–Crippen LogP) is 3.45. The van der Waals surface area contributed by atoms with Crippen LogP contribution in [0.5, 0.6) is 5.75 Å². The molecular weight excluding hydrogens is 302 g/mol. The zero-order valence-corrected chi connectivity index (χ0v) is 15.1. The summed E-state index contributed by atoms with van der Waals surface area (Å²) in [4.78, 5) is 16.5. The molecule has 0 atom stereocenters. The standard InChI is InChI=1S/C19H27N3O2/c1-12(2)9-17(23)22-19(4,5)11-24-16-8-6-7-15-18(16)14(20)10-13(3)21-15/h6-8,10,12H,9,11H2,1-5H3,(H2,20,21)(H,22,23). The Morgan fingerprint density at radius 3 is 2.75 bits per heavy atom. The highest BCUT2D eigenvalue weighted by Crippen LogP contribution is 2.30. The molecule has 0 aliphatic carbocycles. The second-order valence-corrected chi connectivity index (χ2v) is 7.32. The first-order chi connectivity index (χ1) is 11.2. The van der Waals surface area contributed by atoms with Crippen LogP contribution in [0.3, 0.4) is 0 Å². The van der Waals surface area contributed by atoms with Crippen LogP contribution < -0.4 is 15.8 Å². The van der Waals surface area contributed by atoms with Gasteiger partial charge in [0.05, 0.1) is 16.4 Å². The third-order valence-corrected chi connectivity index (χ3v) is 3.61. The van der Waals surface area contributed by atoms with Gasteiger partial charge in [0, 0.05) is 17.8 Å². The molecule has 130 valence electrons. The highest BCUT2D eigenvalue weighted by atomic mass is 16.5. The van der Waals surface area contributed by atoms with Gasteiger partial charge >= 0.3 is 0 Å². The average Bonchev–Trinajstić information content (AvgIpc) is 2.42. The number of rotatable bonds is 6. The fourth-order valence-electron chi connectivity index (χ4n) is 2.64. The first kappa shape index (κ1) is 18.0. The molecule has 0 aliphatic heterocycles. The number of amides is 1. The number of nitrogens with two attached hydrogens (primary N) is 1. The Labute approximate surface area is 143 Å². The Kier molecular flexibility index (Phi) is 5.32. The Balaban J connectivity index is 2.14. The van der Waals surface area contributed by atoms with Gasteiger partial charge in [0.15, 0.2) is 0 Å². The molecule has 1 aromatic heterocycles. The van der Waals surface area contributed by atoms with Gasteiger partial charge in [-0.05, 0) is 44.9 Å². The van der Waals surface area contributed by atoms with Gasteiger partial charge in [0.2, 0.25) is 5.91 Å². The summed E-state index contributed by atoms with van der Waals surface area (Å²) in [5, 5.41) is 3.83. The van der Waals surface area contributed by atoms with Crippen molar-refractivity contribution < 1.29 is 9.53 Å². The first-order valence-electron chi connectivity index (χ1n) is 8.27. The molecule has 5 heteroatoms. The van der Waals surface area contributed by atoms with E-state index in [-0.39, 0.29) is 5.91 Å². The molecule has 2 aromatic rings. The summed E-state index contributed by atoms with van der Waals surface area (Å²) in [7, 11) is 0. The zero-order valence-electron chi connectivity index (χ0n) is 15.1. The summed E-state index contributed by atoms with van der Waals surface area (Å²) < 4.78 is 5.98. The van der Waals surface area contributed by atoms with Gasteiger partial charge in [0.1, 0.15) is 12.4 Å². The number of ether oxygens (including phenoxy) is 1. The topological polar surface area (TPSA) is 77.2 Å². The van der Waals surface area contributed by atoms with E-state index in [1.165, 1.54) is 0 Å². The number of pyridine rings is 1. The lowest BCUT2D eigenvalue weighted by Crippen LogP contribution is -2.48. The van der Waals surface area contributed by atoms with Crippen LogP contribution in [0.1, 0.15) is 39.8 Å². The molecule has 0 saturated carbocycles. The number of nitrogen functional groups attached to an aromatic ring is 1. The van der Waals surface area contributed by atoms with Crippen molar-refractivity contribution in [3.05, 3.63) is 30.0 Å². The molecule has 1 heterocycles. The largest absolute Gasteiger partial charge is 0.490 e. The number of anilines is 1. The van der Waals surface area contributed by atoms with Crippen molar-refractivity contribution in [1.29, 1.82) is 0 Å². The van der Waals surface area contributed by atoms with E-state index in [4.69, 9.17) is 10.5 Å². The quantitative estimate of drug-likeness (QED) is 0.851. The van der Waals surface area contributed by atoms with Crippen molar-refractivity contribution in [3.63, 3.8) is 0 Å². The monoisotopic (exact) mass is 329 g/mol. The molecule has 0 aliphatic rings. The normalized spacial score (nSPS) is 11.8. The van der Waals surface area contributed by atoms with Gasteiger partial charge in [-0.1, -0.05) is 19.9 Å². The van der Waals surface area contributed by atoms with Crippen molar-refractivity contribution in [2.75, 3.05) is 12.3 Å². The lowest BCUT2D eigenvalue weighted by molar-refractivity contribution is -0.123. The Bertz CT molecular complexity index is 739. The maximum atomic E-state index is 12.0. The van der Waals surface area contributed by atoms with E-state index in [0.717, 1.165) is 16.6 Å². The van der Waals surface area contributed by atoms with Crippen LogP contribution in [0.25, 0.3) is 10.9 Å². The van der Waals surface area contributed by atoms with Crippen molar-refractivity contribution >= 4 is 22.5 Å². The van der Waals surface area contributed by atoms with Crippen LogP contribution in [0.15, 0.2) is 24.3 Å². The maximum absolute atomic E-state index is 12.0. The summed E-state index contributed by atoms with van der Waals surface area (Å²) in [5.41, 5.74) is 8.00. The molecule has 1 aromatic carbocycles. The van der Waals surface area contributed by atoms with Gasteiger partial charge in [-0.15, -0.1) is 0 Å². The number of benzene rings is 1. The number of aryl methyl sites for hydroxylation is 1. The summed E-state index contributed by atoms with van der Waals surface area (Å²) >= 11 is 0. The SMILES string of the molecule is Cc1cc(N)c2c(OCC(C)(C)NC(=O)CC(C)C)cccc2n1. The molecule has 0 fully saturated rings. The van der Waals surface area contributed by atoms with Crippen molar-refractivity contribution in [1.82, 2.24) is 10.3 Å². The molecule has 3 N–H and O–H groups in total. The smallest absolute Gasteiger partial charge is 0.220 e. The van der Waals surface area contributed by atoms with Gasteiger partial charge < -0.3 is 15.8 Å². The maximum Gasteiger partial charge on any atom is 0.220 e. The van der Waals surface area contributed by atoms with Crippen molar-refractivity contribution in [2.24, 2.45) is 5.92 Å².